The van der Waals surface area contributed by atoms with Crippen molar-refractivity contribution < 1.29 is 14.4 Å². The molecule has 0 bridgehead atoms. The normalized spacial score (nSPS) is 25.1. The second-order valence-corrected chi connectivity index (χ2v) is 7.09. The van der Waals surface area contributed by atoms with Crippen molar-refractivity contribution in [3.63, 3.8) is 0 Å². The summed E-state index contributed by atoms with van der Waals surface area (Å²) in [4.78, 5) is 32.7. The van der Waals surface area contributed by atoms with Crippen LogP contribution >= 0.6 is 23.2 Å². The summed E-state index contributed by atoms with van der Waals surface area (Å²) in [5.41, 5.74) is 1.45. The molecule has 5 nitrogen and oxygen atoms in total. The van der Waals surface area contributed by atoms with E-state index in [2.05, 4.69) is 0 Å². The van der Waals surface area contributed by atoms with Gasteiger partial charge in [-0.15, -0.1) is 0 Å². The average Bonchev–Trinajstić information content (AvgIpc) is 3.12. The summed E-state index contributed by atoms with van der Waals surface area (Å²) in [6.45, 7) is 2.09. The van der Waals surface area contributed by atoms with E-state index in [-0.39, 0.29) is 11.8 Å². The Labute approximate surface area is 161 Å². The highest BCUT2D eigenvalue weighted by Crippen LogP contribution is 2.48. The number of carbonyl (C=O) groups is 2. The fourth-order valence-corrected chi connectivity index (χ4v) is 4.16. The minimum absolute atomic E-state index is 0.239. The Morgan fingerprint density at radius 2 is 1.77 bits per heavy atom. The topological polar surface area (TPSA) is 49.9 Å². The molecule has 2 saturated heterocycles. The summed E-state index contributed by atoms with van der Waals surface area (Å²) in [5.74, 6) is -1.20. The Hall–Kier alpha value is -2.08. The minimum Gasteiger partial charge on any atom is -0.280 e. The number of para-hydroxylation sites is 1. The van der Waals surface area contributed by atoms with Crippen LogP contribution in [0.2, 0.25) is 10.0 Å². The Balaban J connectivity index is 1.84. The molecule has 26 heavy (non-hydrogen) atoms. The number of hydrogen-bond acceptors (Lipinski definition) is 4. The number of imide groups is 1. The van der Waals surface area contributed by atoms with Gasteiger partial charge in [0.2, 0.25) is 5.91 Å². The molecule has 0 unspecified atom stereocenters. The van der Waals surface area contributed by atoms with E-state index in [1.54, 1.807) is 30.2 Å². The van der Waals surface area contributed by atoms with Gasteiger partial charge < -0.3 is 0 Å². The first kappa shape index (κ1) is 17.3. The maximum Gasteiger partial charge on any atom is 0.261 e. The van der Waals surface area contributed by atoms with Crippen LogP contribution in [0.4, 0.5) is 5.69 Å². The molecule has 2 fully saturated rings. The molecule has 2 aliphatic heterocycles. The van der Waals surface area contributed by atoms with Crippen molar-refractivity contribution in [2.24, 2.45) is 5.92 Å². The first-order valence-corrected chi connectivity index (χ1v) is 9.09. The van der Waals surface area contributed by atoms with Gasteiger partial charge in [0.15, 0.2) is 6.10 Å². The molecule has 0 spiro atoms. The van der Waals surface area contributed by atoms with Gasteiger partial charge in [0, 0.05) is 16.6 Å². The number of benzene rings is 2. The Bertz CT molecular complexity index is 874. The van der Waals surface area contributed by atoms with E-state index in [9.17, 15) is 9.59 Å². The molecule has 0 N–H and O–H groups in total. The largest absolute Gasteiger partial charge is 0.280 e. The number of hydroxylamine groups is 1. The summed E-state index contributed by atoms with van der Waals surface area (Å²) >= 11 is 12.5. The van der Waals surface area contributed by atoms with E-state index in [0.717, 1.165) is 5.69 Å². The maximum absolute atomic E-state index is 12.9. The van der Waals surface area contributed by atoms with Gasteiger partial charge in [-0.3, -0.25) is 19.3 Å². The molecule has 2 amide bonds. The van der Waals surface area contributed by atoms with Crippen LogP contribution in [0.3, 0.4) is 0 Å². The standard InChI is InChI=1S/C19H16Cl2N2O3/c1-2-22-18(24)15-16(13-9-8-11(20)10-14(13)21)23(26-17(15)19(22)25)12-6-4-3-5-7-12/h3-10,15-17H,2H2,1H3/t15-,16-,17+/m0/s1. The van der Waals surface area contributed by atoms with Crippen LogP contribution in [0.15, 0.2) is 48.5 Å². The molecule has 0 aliphatic carbocycles. The third-order valence-corrected chi connectivity index (χ3v) is 5.38. The monoisotopic (exact) mass is 390 g/mol. The molecule has 2 aromatic rings. The zero-order chi connectivity index (χ0) is 18.4. The van der Waals surface area contributed by atoms with Crippen LogP contribution in [-0.4, -0.2) is 29.4 Å². The predicted octanol–water partition coefficient (Wildman–Crippen LogP) is 3.86. The van der Waals surface area contributed by atoms with Gasteiger partial charge in [0.1, 0.15) is 5.92 Å². The lowest BCUT2D eigenvalue weighted by atomic mass is 9.90. The summed E-state index contributed by atoms with van der Waals surface area (Å²) in [7, 11) is 0. The minimum atomic E-state index is -0.848. The van der Waals surface area contributed by atoms with Crippen LogP contribution in [0, 0.1) is 5.92 Å². The lowest BCUT2D eigenvalue weighted by Crippen LogP contribution is -2.37. The van der Waals surface area contributed by atoms with Gasteiger partial charge in [-0.05, 0) is 36.8 Å². The summed E-state index contributed by atoms with van der Waals surface area (Å²) in [5, 5.41) is 2.56. The number of nitrogens with zero attached hydrogens (tertiary/aromatic N) is 2. The molecule has 3 atom stereocenters. The third-order valence-electron chi connectivity index (χ3n) is 4.81. The highest BCUT2D eigenvalue weighted by Gasteiger charge is 2.59. The van der Waals surface area contributed by atoms with Crippen LogP contribution in [0.5, 0.6) is 0 Å². The number of amides is 2. The quantitative estimate of drug-likeness (QED) is 0.746. The van der Waals surface area contributed by atoms with Crippen LogP contribution in [-0.2, 0) is 14.4 Å². The molecule has 2 aromatic carbocycles. The third kappa shape index (κ3) is 2.58. The van der Waals surface area contributed by atoms with Gasteiger partial charge in [0.05, 0.1) is 11.7 Å². The second-order valence-electron chi connectivity index (χ2n) is 6.24. The fraction of sp³-hybridized carbons (Fsp3) is 0.263. The zero-order valence-electron chi connectivity index (χ0n) is 13.9. The average molecular weight is 391 g/mol. The van der Waals surface area contributed by atoms with Crippen molar-refractivity contribution in [1.82, 2.24) is 4.90 Å². The first-order chi connectivity index (χ1) is 12.5. The predicted molar refractivity (Wildman–Crippen MR) is 98.9 cm³/mol. The van der Waals surface area contributed by atoms with Crippen molar-refractivity contribution in [3.8, 4) is 0 Å². The van der Waals surface area contributed by atoms with E-state index < -0.39 is 18.1 Å². The summed E-state index contributed by atoms with van der Waals surface area (Å²) in [6, 6.07) is 14.0. The highest BCUT2D eigenvalue weighted by molar-refractivity contribution is 6.35. The molecular formula is C19H16Cl2N2O3. The number of rotatable bonds is 3. The van der Waals surface area contributed by atoms with Gasteiger partial charge in [-0.25, -0.2) is 5.06 Å². The summed E-state index contributed by atoms with van der Waals surface area (Å²) in [6.07, 6.45) is -0.848. The van der Waals surface area contributed by atoms with Gasteiger partial charge >= 0.3 is 0 Å². The van der Waals surface area contributed by atoms with Crippen molar-refractivity contribution in [3.05, 3.63) is 64.1 Å². The molecular weight excluding hydrogens is 375 g/mol. The van der Waals surface area contributed by atoms with E-state index in [4.69, 9.17) is 28.0 Å². The van der Waals surface area contributed by atoms with Crippen molar-refractivity contribution in [2.75, 3.05) is 11.6 Å². The van der Waals surface area contributed by atoms with Gasteiger partial charge in [-0.2, -0.15) is 0 Å². The van der Waals surface area contributed by atoms with Crippen LogP contribution in [0.25, 0.3) is 0 Å². The maximum atomic E-state index is 12.9. The Kier molecular flexibility index (Phi) is 4.39. The van der Waals surface area contributed by atoms with Gasteiger partial charge in [0.25, 0.3) is 5.91 Å². The SMILES string of the molecule is CCN1C(=O)[C@@H]2[C@@H](ON(c3ccccc3)[C@H]2c2ccc(Cl)cc2Cl)C1=O. The number of likely N-dealkylation sites (N-methyl/N-ethyl adjacent to an activating group) is 1. The molecule has 2 heterocycles. The van der Waals surface area contributed by atoms with Crippen LogP contribution in [0.1, 0.15) is 18.5 Å². The number of hydrogen-bond donors (Lipinski definition) is 0. The molecule has 7 heteroatoms. The number of fused-ring (bicyclic) bond motifs is 1. The van der Waals surface area contributed by atoms with E-state index >= 15 is 0 Å². The van der Waals surface area contributed by atoms with Crippen molar-refractivity contribution >= 4 is 40.7 Å². The van der Waals surface area contributed by atoms with E-state index in [0.29, 0.717) is 22.2 Å². The van der Waals surface area contributed by atoms with E-state index in [1.165, 1.54) is 4.90 Å². The number of carbonyl (C=O) groups excluding carboxylic acids is 2. The van der Waals surface area contributed by atoms with Gasteiger partial charge in [-0.1, -0.05) is 47.5 Å². The van der Waals surface area contributed by atoms with Crippen LogP contribution < -0.4 is 5.06 Å². The van der Waals surface area contributed by atoms with Crippen molar-refractivity contribution in [2.45, 2.75) is 19.1 Å². The molecule has 2 aliphatic rings. The first-order valence-electron chi connectivity index (χ1n) is 8.34. The number of anilines is 1. The van der Waals surface area contributed by atoms with Crippen molar-refractivity contribution in [1.29, 1.82) is 0 Å². The smallest absolute Gasteiger partial charge is 0.261 e. The molecule has 4 rings (SSSR count). The molecule has 0 radical (unpaired) electrons. The number of halogens is 2. The van der Waals surface area contributed by atoms with E-state index in [1.807, 2.05) is 30.3 Å². The highest BCUT2D eigenvalue weighted by atomic mass is 35.5. The second kappa shape index (κ2) is 6.58. The molecule has 0 saturated carbocycles. The molecule has 0 aromatic heterocycles. The molecule has 134 valence electrons. The Morgan fingerprint density at radius 3 is 2.42 bits per heavy atom. The Morgan fingerprint density at radius 1 is 1.04 bits per heavy atom. The fourth-order valence-electron chi connectivity index (χ4n) is 3.64. The number of likely N-dealkylation sites (tertiary alicyclic amines) is 1. The lowest BCUT2D eigenvalue weighted by molar-refractivity contribution is -0.142. The zero-order valence-corrected chi connectivity index (χ0v) is 15.4. The summed E-state index contributed by atoms with van der Waals surface area (Å²) < 4.78 is 0. The lowest BCUT2D eigenvalue weighted by Gasteiger charge is -2.29.